The summed E-state index contributed by atoms with van der Waals surface area (Å²) >= 11 is -1.96. The van der Waals surface area contributed by atoms with E-state index in [2.05, 4.69) is 102 Å². The van der Waals surface area contributed by atoms with E-state index in [-0.39, 0.29) is 48.0 Å². The maximum atomic E-state index is 2.62. The smallest absolute Gasteiger partial charge is 1.00 e. The molecule has 0 heterocycles. The molecule has 0 nitrogen and oxygen atoms in total. The number of rotatable bonds is 9. The van der Waals surface area contributed by atoms with Gasteiger partial charge in [-0.15, -0.1) is 0 Å². The Morgan fingerprint density at radius 1 is 0.676 bits per heavy atom. The molecule has 0 bridgehead atoms. The molecule has 0 fully saturated rings. The predicted molar refractivity (Wildman–Crippen MR) is 141 cm³/mol. The minimum absolute atomic E-state index is 0. The van der Waals surface area contributed by atoms with E-state index in [9.17, 15) is 0 Å². The third kappa shape index (κ3) is 6.48. The normalized spacial score (nSPS) is 18.3. The van der Waals surface area contributed by atoms with E-state index in [1.165, 1.54) is 36.1 Å². The molecule has 0 spiro atoms. The van der Waals surface area contributed by atoms with Crippen molar-refractivity contribution in [3.05, 3.63) is 81.9 Å². The third-order valence-electron chi connectivity index (χ3n) is 7.45. The first-order chi connectivity index (χ1) is 15.4. The van der Waals surface area contributed by atoms with Crippen molar-refractivity contribution in [1.82, 2.24) is 0 Å². The Labute approximate surface area is 251 Å². The fourth-order valence-electron chi connectivity index (χ4n) is 6.26. The maximum absolute atomic E-state index is 2.62. The van der Waals surface area contributed by atoms with E-state index < -0.39 is 26.8 Å². The van der Waals surface area contributed by atoms with E-state index in [1.807, 2.05) is 0 Å². The second-order valence-corrected chi connectivity index (χ2v) is 29.1. The third-order valence-corrected chi connectivity index (χ3v) is 33.9. The van der Waals surface area contributed by atoms with Crippen LogP contribution in [0.15, 0.2) is 59.7 Å². The Kier molecular flexibility index (Phi) is 12.5. The number of halogens is 2. The standard InChI is InChI=1S/2C13H15.C4H11Si.2HI.Zr/c2*1-10(2)7-11-8-12-5-3-4-6-13(12)9-11;1-3-5-4-2;;;/h2*3-6,8-10H,7H2,1-2H3;5H,3-4H2,1-2H3;2*1H;/q;;;;;+2/p-2. The summed E-state index contributed by atoms with van der Waals surface area (Å²) in [6, 6.07) is 21.8. The molecule has 0 radical (unpaired) electrons. The number of allylic oxidation sites excluding steroid dienone is 2. The van der Waals surface area contributed by atoms with Gasteiger partial charge in [-0.2, -0.15) is 0 Å². The van der Waals surface area contributed by atoms with Crippen molar-refractivity contribution < 1.29 is 68.9 Å². The van der Waals surface area contributed by atoms with E-state index in [0.29, 0.717) is 0 Å². The zero-order valence-electron chi connectivity index (χ0n) is 21.7. The van der Waals surface area contributed by atoms with Crippen LogP contribution in [-0.4, -0.2) is 5.92 Å². The first kappa shape index (κ1) is 30.7. The molecular weight excluding hydrogens is 733 g/mol. The van der Waals surface area contributed by atoms with Crippen LogP contribution in [-0.2, 0) is 20.9 Å². The first-order valence-electron chi connectivity index (χ1n) is 12.9. The van der Waals surface area contributed by atoms with Gasteiger partial charge in [-0.05, 0) is 0 Å². The summed E-state index contributed by atoms with van der Waals surface area (Å²) in [7, 11) is 0. The summed E-state index contributed by atoms with van der Waals surface area (Å²) in [6.45, 7) is 14.7. The molecule has 0 saturated heterocycles. The number of hydrogen-bond donors (Lipinski definition) is 0. The van der Waals surface area contributed by atoms with Crippen molar-refractivity contribution in [2.24, 2.45) is 11.8 Å². The molecule has 2 unspecified atom stereocenters. The molecule has 34 heavy (non-hydrogen) atoms. The van der Waals surface area contributed by atoms with Gasteiger partial charge in [-0.1, -0.05) is 0 Å². The van der Waals surface area contributed by atoms with Gasteiger partial charge in [-0.25, -0.2) is 0 Å². The van der Waals surface area contributed by atoms with Crippen LogP contribution >= 0.6 is 0 Å². The van der Waals surface area contributed by atoms with Gasteiger partial charge < -0.3 is 48.0 Å². The van der Waals surface area contributed by atoms with Gasteiger partial charge in [0.25, 0.3) is 0 Å². The van der Waals surface area contributed by atoms with Gasteiger partial charge >= 0.3 is 206 Å². The SMILES string of the molecule is CC[SiH](CC)[Zr+2]([CH]1C(CC(C)C)=Cc2ccccc21)[CH]1C(CC(C)C)=Cc2ccccc21.[I-].[I-]. The molecule has 4 rings (SSSR count). The fourth-order valence-corrected chi connectivity index (χ4v) is 34.3. The summed E-state index contributed by atoms with van der Waals surface area (Å²) < 4.78 is 1.58. The molecule has 0 amide bonds. The van der Waals surface area contributed by atoms with Crippen LogP contribution in [0.4, 0.5) is 0 Å². The molecule has 0 aliphatic heterocycles. The van der Waals surface area contributed by atoms with Gasteiger partial charge in [-0.3, -0.25) is 0 Å². The van der Waals surface area contributed by atoms with Crippen molar-refractivity contribution in [2.45, 2.75) is 73.7 Å². The van der Waals surface area contributed by atoms with Gasteiger partial charge in [0.2, 0.25) is 0 Å². The molecule has 0 N–H and O–H groups in total. The minimum atomic E-state index is -1.96. The van der Waals surface area contributed by atoms with Crippen molar-refractivity contribution >= 4 is 18.1 Å². The summed E-state index contributed by atoms with van der Waals surface area (Å²) in [5.41, 5.74) is 10.1. The summed E-state index contributed by atoms with van der Waals surface area (Å²) in [4.78, 5) is 0. The van der Waals surface area contributed by atoms with E-state index >= 15 is 0 Å². The molecule has 2 aromatic rings. The van der Waals surface area contributed by atoms with Gasteiger partial charge in [0.1, 0.15) is 0 Å². The molecule has 0 aromatic heterocycles. The molecular formula is C30H41I2SiZr. The zero-order valence-corrected chi connectivity index (χ0v) is 29.7. The van der Waals surface area contributed by atoms with E-state index in [0.717, 1.165) is 19.1 Å². The summed E-state index contributed by atoms with van der Waals surface area (Å²) in [5.74, 6) is 0.675. The molecule has 2 aromatic carbocycles. The van der Waals surface area contributed by atoms with Gasteiger partial charge in [0.05, 0.1) is 0 Å². The Morgan fingerprint density at radius 3 is 1.41 bits per heavy atom. The molecule has 4 heteroatoms. The zero-order chi connectivity index (χ0) is 22.8. The van der Waals surface area contributed by atoms with Crippen LogP contribution < -0.4 is 48.0 Å². The van der Waals surface area contributed by atoms with Gasteiger partial charge in [0, 0.05) is 0 Å². The van der Waals surface area contributed by atoms with E-state index in [4.69, 9.17) is 0 Å². The molecule has 183 valence electrons. The van der Waals surface area contributed by atoms with Crippen molar-refractivity contribution in [3.8, 4) is 0 Å². The molecule has 2 aliphatic carbocycles. The first-order valence-corrected chi connectivity index (χ1v) is 22.2. The summed E-state index contributed by atoms with van der Waals surface area (Å²) in [6.07, 6.45) is 7.78. The maximum Gasteiger partial charge on any atom is -1.00 e. The summed E-state index contributed by atoms with van der Waals surface area (Å²) in [5, 5.41) is 0. The largest absolute Gasteiger partial charge is 1.00 e. The van der Waals surface area contributed by atoms with Crippen LogP contribution in [0, 0.1) is 11.8 Å². The van der Waals surface area contributed by atoms with Crippen molar-refractivity contribution in [1.29, 1.82) is 0 Å². The predicted octanol–water partition coefficient (Wildman–Crippen LogP) is 2.75. The fraction of sp³-hybridized carbons (Fsp3) is 0.467. The molecule has 0 saturated carbocycles. The van der Waals surface area contributed by atoms with Crippen molar-refractivity contribution in [3.63, 3.8) is 0 Å². The Morgan fingerprint density at radius 2 is 1.06 bits per heavy atom. The minimum Gasteiger partial charge on any atom is -1.00 e. The second kappa shape index (κ2) is 13.9. The van der Waals surface area contributed by atoms with Crippen LogP contribution in [0.5, 0.6) is 0 Å². The Balaban J connectivity index is 0.00000204. The monoisotopic (exact) mass is 773 g/mol. The van der Waals surface area contributed by atoms with E-state index in [1.54, 1.807) is 22.3 Å². The Hall–Kier alpha value is 0.480. The Bertz CT molecular complexity index is 931. The molecule has 2 aliphatic rings. The number of hydrogen-bond acceptors (Lipinski definition) is 0. The van der Waals surface area contributed by atoms with Crippen LogP contribution in [0.2, 0.25) is 12.1 Å². The molecule has 2 atom stereocenters. The van der Waals surface area contributed by atoms with Gasteiger partial charge in [0.15, 0.2) is 0 Å². The quantitative estimate of drug-likeness (QED) is 0.272. The van der Waals surface area contributed by atoms with Crippen molar-refractivity contribution in [2.75, 3.05) is 0 Å². The number of benzene rings is 2. The average Bonchev–Trinajstić information content (AvgIpc) is 3.28. The second-order valence-electron chi connectivity index (χ2n) is 10.8. The number of fused-ring (bicyclic) bond motifs is 2. The van der Waals surface area contributed by atoms with Crippen LogP contribution in [0.25, 0.3) is 12.2 Å². The topological polar surface area (TPSA) is 0 Å². The average molecular weight is 775 g/mol. The van der Waals surface area contributed by atoms with Crippen LogP contribution in [0.3, 0.4) is 0 Å². The van der Waals surface area contributed by atoms with Crippen LogP contribution in [0.1, 0.15) is 83.9 Å².